The van der Waals surface area contributed by atoms with E-state index in [9.17, 15) is 9.59 Å². The van der Waals surface area contributed by atoms with Gasteiger partial charge in [-0.1, -0.05) is 49.1 Å². The molecule has 0 spiro atoms. The molecule has 0 aliphatic heterocycles. The van der Waals surface area contributed by atoms with Crippen LogP contribution >= 0.6 is 11.3 Å². The first-order valence-corrected chi connectivity index (χ1v) is 14.2. The Bertz CT molecular complexity index is 1190. The van der Waals surface area contributed by atoms with Crippen molar-refractivity contribution >= 4 is 23.2 Å². The molecule has 1 heterocycles. The summed E-state index contributed by atoms with van der Waals surface area (Å²) in [5.41, 5.74) is 2.81. The van der Waals surface area contributed by atoms with Gasteiger partial charge in [0, 0.05) is 23.0 Å². The molecule has 1 fully saturated rings. The SMILES string of the molecule is COc1ccc(CCN(Cc2cccs2)C(=O)CN(C(=O)c2ccc(C)cc2)C2CCCCC2)cc1OC. The van der Waals surface area contributed by atoms with Crippen LogP contribution in [0.15, 0.2) is 60.0 Å². The molecular weight excluding hydrogens is 496 g/mol. The minimum atomic E-state index is -0.0544. The highest BCUT2D eigenvalue weighted by molar-refractivity contribution is 7.09. The number of thiophene rings is 1. The van der Waals surface area contributed by atoms with Gasteiger partial charge in [0.1, 0.15) is 6.54 Å². The molecular formula is C31H38N2O4S. The molecule has 0 unspecified atom stereocenters. The van der Waals surface area contributed by atoms with E-state index in [0.29, 0.717) is 36.6 Å². The standard InChI is InChI=1S/C31H38N2O4S/c1-23-11-14-25(15-12-23)31(35)33(26-8-5-4-6-9-26)22-30(34)32(21-27-10-7-19-38-27)18-17-24-13-16-28(36-2)29(20-24)37-3/h7,10-16,19-20,26H,4-6,8-9,17-18,21-22H2,1-3H3. The third-order valence-corrected chi connectivity index (χ3v) is 8.14. The Morgan fingerprint density at radius 3 is 2.34 bits per heavy atom. The molecule has 6 nitrogen and oxygen atoms in total. The van der Waals surface area contributed by atoms with E-state index in [1.54, 1.807) is 25.6 Å². The number of benzene rings is 2. The van der Waals surface area contributed by atoms with Crippen molar-refractivity contribution in [1.29, 1.82) is 0 Å². The Labute approximate surface area is 230 Å². The van der Waals surface area contributed by atoms with Crippen LogP contribution in [-0.4, -0.2) is 55.0 Å². The Morgan fingerprint density at radius 2 is 1.68 bits per heavy atom. The molecule has 0 bridgehead atoms. The topological polar surface area (TPSA) is 59.1 Å². The largest absolute Gasteiger partial charge is 0.493 e. The molecule has 3 aromatic rings. The highest BCUT2D eigenvalue weighted by Gasteiger charge is 2.30. The Morgan fingerprint density at radius 1 is 0.947 bits per heavy atom. The van der Waals surface area contributed by atoms with Crippen LogP contribution in [0.4, 0.5) is 0 Å². The average Bonchev–Trinajstić information content (AvgIpc) is 3.47. The van der Waals surface area contributed by atoms with Gasteiger partial charge in [-0.2, -0.15) is 0 Å². The van der Waals surface area contributed by atoms with Gasteiger partial charge in [-0.3, -0.25) is 9.59 Å². The molecule has 202 valence electrons. The molecule has 0 atom stereocenters. The number of hydrogen-bond acceptors (Lipinski definition) is 5. The maximum atomic E-state index is 13.8. The van der Waals surface area contributed by atoms with Crippen LogP contribution in [0, 0.1) is 6.92 Å². The zero-order chi connectivity index (χ0) is 26.9. The van der Waals surface area contributed by atoms with E-state index in [1.807, 2.05) is 70.6 Å². The Kier molecular flexibility index (Phi) is 9.82. The maximum absolute atomic E-state index is 13.8. The number of hydrogen-bond donors (Lipinski definition) is 0. The summed E-state index contributed by atoms with van der Waals surface area (Å²) in [5, 5.41) is 2.03. The van der Waals surface area contributed by atoms with E-state index in [2.05, 4.69) is 6.07 Å². The third kappa shape index (κ3) is 7.16. The van der Waals surface area contributed by atoms with Gasteiger partial charge in [0.2, 0.25) is 5.91 Å². The number of nitrogens with zero attached hydrogens (tertiary/aromatic N) is 2. The predicted octanol–water partition coefficient (Wildman–Crippen LogP) is 6.12. The van der Waals surface area contributed by atoms with E-state index in [4.69, 9.17) is 9.47 Å². The summed E-state index contributed by atoms with van der Waals surface area (Å²) in [6.07, 6.45) is 5.94. The van der Waals surface area contributed by atoms with Crippen molar-refractivity contribution in [3.63, 3.8) is 0 Å². The number of ether oxygens (including phenoxy) is 2. The first kappa shape index (κ1) is 27.7. The molecule has 7 heteroatoms. The van der Waals surface area contributed by atoms with Gasteiger partial charge in [-0.15, -0.1) is 11.3 Å². The van der Waals surface area contributed by atoms with Crippen molar-refractivity contribution in [2.24, 2.45) is 0 Å². The van der Waals surface area contributed by atoms with Gasteiger partial charge in [0.05, 0.1) is 20.8 Å². The predicted molar refractivity (Wildman–Crippen MR) is 152 cm³/mol. The summed E-state index contributed by atoms with van der Waals surface area (Å²) in [7, 11) is 3.24. The fourth-order valence-corrected chi connectivity index (χ4v) is 5.77. The highest BCUT2D eigenvalue weighted by atomic mass is 32.1. The average molecular weight is 535 g/mol. The molecule has 1 aliphatic rings. The van der Waals surface area contributed by atoms with E-state index < -0.39 is 0 Å². The van der Waals surface area contributed by atoms with Gasteiger partial charge >= 0.3 is 0 Å². The van der Waals surface area contributed by atoms with Gasteiger partial charge in [-0.05, 0) is 67.5 Å². The van der Waals surface area contributed by atoms with Crippen molar-refractivity contribution in [1.82, 2.24) is 9.80 Å². The minimum Gasteiger partial charge on any atom is -0.493 e. The van der Waals surface area contributed by atoms with E-state index >= 15 is 0 Å². The molecule has 1 saturated carbocycles. The summed E-state index contributed by atoms with van der Waals surface area (Å²) in [6, 6.07) is 17.7. The first-order valence-electron chi connectivity index (χ1n) is 13.4. The number of methoxy groups -OCH3 is 2. The maximum Gasteiger partial charge on any atom is 0.254 e. The molecule has 1 aliphatic carbocycles. The fourth-order valence-electron chi connectivity index (χ4n) is 5.05. The van der Waals surface area contributed by atoms with E-state index in [0.717, 1.165) is 41.7 Å². The second-order valence-electron chi connectivity index (χ2n) is 9.92. The number of rotatable bonds is 11. The summed E-state index contributed by atoms with van der Waals surface area (Å²) < 4.78 is 10.8. The van der Waals surface area contributed by atoms with E-state index in [1.165, 1.54) is 6.42 Å². The lowest BCUT2D eigenvalue weighted by Gasteiger charge is -2.35. The molecule has 2 amide bonds. The van der Waals surface area contributed by atoms with Crippen LogP contribution in [0.2, 0.25) is 0 Å². The van der Waals surface area contributed by atoms with Crippen LogP contribution in [0.5, 0.6) is 11.5 Å². The number of carbonyl (C=O) groups excluding carboxylic acids is 2. The van der Waals surface area contributed by atoms with Gasteiger partial charge in [0.25, 0.3) is 5.91 Å². The molecule has 4 rings (SSSR count). The molecule has 2 aromatic carbocycles. The summed E-state index contributed by atoms with van der Waals surface area (Å²) >= 11 is 1.64. The van der Waals surface area contributed by atoms with Crippen molar-refractivity contribution in [2.75, 3.05) is 27.3 Å². The van der Waals surface area contributed by atoms with Crippen LogP contribution in [0.1, 0.15) is 58.5 Å². The third-order valence-electron chi connectivity index (χ3n) is 7.28. The van der Waals surface area contributed by atoms with Gasteiger partial charge < -0.3 is 19.3 Å². The van der Waals surface area contributed by atoms with Crippen molar-refractivity contribution < 1.29 is 19.1 Å². The molecule has 38 heavy (non-hydrogen) atoms. The summed E-state index contributed by atoms with van der Waals surface area (Å²) in [4.78, 5) is 32.4. The van der Waals surface area contributed by atoms with Crippen molar-refractivity contribution in [2.45, 2.75) is 58.0 Å². The quantitative estimate of drug-likeness (QED) is 0.297. The minimum absolute atomic E-state index is 0.0232. The van der Waals surface area contributed by atoms with Crippen molar-refractivity contribution in [3.8, 4) is 11.5 Å². The number of amides is 2. The van der Waals surface area contributed by atoms with Crippen LogP contribution in [0.25, 0.3) is 0 Å². The zero-order valence-corrected chi connectivity index (χ0v) is 23.5. The molecule has 0 N–H and O–H groups in total. The van der Waals surface area contributed by atoms with Gasteiger partial charge in [0.15, 0.2) is 11.5 Å². The normalized spacial score (nSPS) is 13.7. The molecule has 0 radical (unpaired) electrons. The van der Waals surface area contributed by atoms with Crippen LogP contribution in [-0.2, 0) is 17.8 Å². The zero-order valence-electron chi connectivity index (χ0n) is 22.7. The van der Waals surface area contributed by atoms with Crippen molar-refractivity contribution in [3.05, 3.63) is 81.5 Å². The van der Waals surface area contributed by atoms with Crippen LogP contribution < -0.4 is 9.47 Å². The van der Waals surface area contributed by atoms with E-state index in [-0.39, 0.29) is 24.4 Å². The first-order chi connectivity index (χ1) is 18.5. The smallest absolute Gasteiger partial charge is 0.254 e. The Hall–Kier alpha value is -3.32. The fraction of sp³-hybridized carbons (Fsp3) is 0.419. The molecule has 1 aromatic heterocycles. The lowest BCUT2D eigenvalue weighted by atomic mass is 9.93. The second-order valence-corrected chi connectivity index (χ2v) is 11.0. The molecule has 0 saturated heterocycles. The summed E-state index contributed by atoms with van der Waals surface area (Å²) in [6.45, 7) is 3.18. The number of carbonyl (C=O) groups is 2. The highest BCUT2D eigenvalue weighted by Crippen LogP contribution is 2.28. The van der Waals surface area contributed by atoms with Gasteiger partial charge in [-0.25, -0.2) is 0 Å². The lowest BCUT2D eigenvalue weighted by molar-refractivity contribution is -0.133. The second kappa shape index (κ2) is 13.5. The van der Waals surface area contributed by atoms with Crippen LogP contribution in [0.3, 0.4) is 0 Å². The lowest BCUT2D eigenvalue weighted by Crippen LogP contribution is -2.48. The number of aryl methyl sites for hydroxylation is 1. The Balaban J connectivity index is 1.53. The monoisotopic (exact) mass is 534 g/mol. The summed E-state index contributed by atoms with van der Waals surface area (Å²) in [5.74, 6) is 1.28.